The fourth-order valence-corrected chi connectivity index (χ4v) is 6.06. The Bertz CT molecular complexity index is 1800. The van der Waals surface area contributed by atoms with Gasteiger partial charge in [0, 0.05) is 40.3 Å². The van der Waals surface area contributed by atoms with E-state index in [4.69, 9.17) is 4.74 Å². The highest BCUT2D eigenvalue weighted by atomic mass is 16.5. The fourth-order valence-electron chi connectivity index (χ4n) is 6.06. The SMILES string of the molecule is O=C(NC(CCCCNC(=O)c1ccc2c(c1)C(=O)c1ccccc1C2=O)C(=O)O)OCC1c2ccccc2-c2ccccc21. The molecule has 0 bridgehead atoms. The zero-order chi connectivity index (χ0) is 31.5. The highest BCUT2D eigenvalue weighted by Crippen LogP contribution is 2.44. The van der Waals surface area contributed by atoms with Crippen LogP contribution in [0.1, 0.15) is 78.5 Å². The highest BCUT2D eigenvalue weighted by molar-refractivity contribution is 6.28. The van der Waals surface area contributed by atoms with Crippen LogP contribution in [0.2, 0.25) is 0 Å². The number of hydrogen-bond acceptors (Lipinski definition) is 6. The molecule has 4 aromatic carbocycles. The lowest BCUT2D eigenvalue weighted by Gasteiger charge is -2.18. The molecule has 45 heavy (non-hydrogen) atoms. The van der Waals surface area contributed by atoms with E-state index in [1.165, 1.54) is 18.2 Å². The van der Waals surface area contributed by atoms with Gasteiger partial charge >= 0.3 is 12.1 Å². The van der Waals surface area contributed by atoms with Crippen molar-refractivity contribution in [1.82, 2.24) is 10.6 Å². The van der Waals surface area contributed by atoms with Crippen molar-refractivity contribution in [3.63, 3.8) is 0 Å². The quantitative estimate of drug-likeness (QED) is 0.183. The lowest BCUT2D eigenvalue weighted by molar-refractivity contribution is -0.139. The van der Waals surface area contributed by atoms with Gasteiger partial charge in [-0.1, -0.05) is 72.8 Å². The molecule has 0 heterocycles. The number of ketones is 2. The lowest BCUT2D eigenvalue weighted by Crippen LogP contribution is -2.41. The Hall–Kier alpha value is -5.57. The second-order valence-electron chi connectivity index (χ2n) is 11.1. The summed E-state index contributed by atoms with van der Waals surface area (Å²) in [5.74, 6) is -2.30. The van der Waals surface area contributed by atoms with E-state index in [0.29, 0.717) is 24.0 Å². The molecule has 9 heteroatoms. The molecule has 3 N–H and O–H groups in total. The average molecular weight is 603 g/mol. The standard InChI is InChI=1S/C36H30N2O7/c39-32-26-13-5-6-14-27(26)33(40)29-19-21(16-17-28(29)32)34(41)37-18-8-7-15-31(35(42)43)38-36(44)45-20-30-24-11-3-1-9-22(24)23-10-2-4-12-25(23)30/h1-6,9-14,16-17,19,30-31H,7-8,15,18,20H2,(H,37,41)(H,38,44)(H,42,43). The molecule has 2 amide bonds. The van der Waals surface area contributed by atoms with Crippen LogP contribution in [-0.4, -0.2) is 53.8 Å². The second-order valence-corrected chi connectivity index (χ2v) is 11.1. The van der Waals surface area contributed by atoms with E-state index in [2.05, 4.69) is 10.6 Å². The first kappa shape index (κ1) is 29.5. The van der Waals surface area contributed by atoms with E-state index in [1.807, 2.05) is 48.5 Å². The zero-order valence-corrected chi connectivity index (χ0v) is 24.2. The lowest BCUT2D eigenvalue weighted by atomic mass is 9.83. The minimum Gasteiger partial charge on any atom is -0.480 e. The van der Waals surface area contributed by atoms with Crippen LogP contribution in [0.15, 0.2) is 91.0 Å². The molecule has 6 rings (SSSR count). The number of carbonyl (C=O) groups is 5. The van der Waals surface area contributed by atoms with Crippen molar-refractivity contribution >= 4 is 29.5 Å². The van der Waals surface area contributed by atoms with Crippen LogP contribution in [0.4, 0.5) is 4.79 Å². The monoisotopic (exact) mass is 602 g/mol. The molecule has 4 aromatic rings. The largest absolute Gasteiger partial charge is 0.480 e. The van der Waals surface area contributed by atoms with E-state index < -0.39 is 24.0 Å². The van der Waals surface area contributed by atoms with Crippen molar-refractivity contribution in [3.05, 3.63) is 130 Å². The Morgan fingerprint density at radius 1 is 0.711 bits per heavy atom. The van der Waals surface area contributed by atoms with Crippen molar-refractivity contribution in [2.24, 2.45) is 0 Å². The molecular weight excluding hydrogens is 572 g/mol. The molecule has 0 radical (unpaired) electrons. The van der Waals surface area contributed by atoms with Gasteiger partial charge < -0.3 is 20.5 Å². The van der Waals surface area contributed by atoms with E-state index in [9.17, 15) is 29.1 Å². The van der Waals surface area contributed by atoms with E-state index in [1.54, 1.807) is 24.3 Å². The van der Waals surface area contributed by atoms with Crippen LogP contribution < -0.4 is 10.6 Å². The molecular formula is C36H30N2O7. The number of carboxylic acid groups (broad SMARTS) is 1. The highest BCUT2D eigenvalue weighted by Gasteiger charge is 2.31. The minimum atomic E-state index is -1.18. The number of fused-ring (bicyclic) bond motifs is 5. The van der Waals surface area contributed by atoms with Crippen LogP contribution in [0.5, 0.6) is 0 Å². The van der Waals surface area contributed by atoms with Crippen molar-refractivity contribution in [2.75, 3.05) is 13.2 Å². The van der Waals surface area contributed by atoms with Crippen LogP contribution in [0, 0.1) is 0 Å². The Kier molecular flexibility index (Phi) is 8.24. The summed E-state index contributed by atoms with van der Waals surface area (Å²) >= 11 is 0. The molecule has 0 fully saturated rings. The van der Waals surface area contributed by atoms with Gasteiger partial charge in [-0.25, -0.2) is 9.59 Å². The van der Waals surface area contributed by atoms with Gasteiger partial charge in [-0.05, 0) is 59.7 Å². The van der Waals surface area contributed by atoms with E-state index >= 15 is 0 Å². The first-order chi connectivity index (χ1) is 21.8. The predicted molar refractivity (Wildman–Crippen MR) is 166 cm³/mol. The Morgan fingerprint density at radius 2 is 1.27 bits per heavy atom. The van der Waals surface area contributed by atoms with Crippen molar-refractivity contribution in [3.8, 4) is 11.1 Å². The Labute approximate surface area is 259 Å². The van der Waals surface area contributed by atoms with Gasteiger partial charge in [0.05, 0.1) is 0 Å². The van der Waals surface area contributed by atoms with Crippen LogP contribution in [-0.2, 0) is 9.53 Å². The van der Waals surface area contributed by atoms with E-state index in [0.717, 1.165) is 22.3 Å². The van der Waals surface area contributed by atoms with Gasteiger partial charge in [0.15, 0.2) is 11.6 Å². The third-order valence-electron chi connectivity index (χ3n) is 8.33. The summed E-state index contributed by atoms with van der Waals surface area (Å²) in [5, 5.41) is 14.9. The van der Waals surface area contributed by atoms with Gasteiger partial charge in [0.1, 0.15) is 12.6 Å². The van der Waals surface area contributed by atoms with Gasteiger partial charge in [-0.2, -0.15) is 0 Å². The maximum absolute atomic E-state index is 13.0. The molecule has 0 aliphatic heterocycles. The van der Waals surface area contributed by atoms with Crippen LogP contribution >= 0.6 is 0 Å². The fraction of sp³-hybridized carbons (Fsp3) is 0.194. The third kappa shape index (κ3) is 5.84. The number of hydrogen-bond donors (Lipinski definition) is 3. The molecule has 0 aromatic heterocycles. The summed E-state index contributed by atoms with van der Waals surface area (Å²) in [5.41, 5.74) is 5.67. The molecule has 0 spiro atoms. The summed E-state index contributed by atoms with van der Waals surface area (Å²) in [7, 11) is 0. The third-order valence-corrected chi connectivity index (χ3v) is 8.33. The minimum absolute atomic E-state index is 0.0766. The maximum Gasteiger partial charge on any atom is 0.407 e. The summed E-state index contributed by atoms with van der Waals surface area (Å²) in [6.45, 7) is 0.329. The summed E-state index contributed by atoms with van der Waals surface area (Å²) < 4.78 is 5.49. The van der Waals surface area contributed by atoms with Crippen molar-refractivity contribution < 1.29 is 33.8 Å². The van der Waals surface area contributed by atoms with Crippen LogP contribution in [0.25, 0.3) is 11.1 Å². The summed E-state index contributed by atoms with van der Waals surface area (Å²) in [6.07, 6.45) is 0.206. The number of ether oxygens (including phenoxy) is 1. The van der Waals surface area contributed by atoms with Gasteiger partial charge in [-0.3, -0.25) is 14.4 Å². The van der Waals surface area contributed by atoms with Crippen molar-refractivity contribution in [2.45, 2.75) is 31.2 Å². The topological polar surface area (TPSA) is 139 Å². The Morgan fingerprint density at radius 3 is 1.89 bits per heavy atom. The average Bonchev–Trinajstić information content (AvgIpc) is 3.38. The number of benzene rings is 4. The Balaban J connectivity index is 0.975. The zero-order valence-electron chi connectivity index (χ0n) is 24.2. The molecule has 2 aliphatic carbocycles. The van der Waals surface area contributed by atoms with Gasteiger partial charge in [0.2, 0.25) is 0 Å². The molecule has 1 unspecified atom stereocenters. The number of amides is 2. The van der Waals surface area contributed by atoms with Crippen LogP contribution in [0.3, 0.4) is 0 Å². The summed E-state index contributed by atoms with van der Waals surface area (Å²) in [6, 6.07) is 25.8. The molecule has 0 saturated carbocycles. The number of alkyl carbamates (subject to hydrolysis) is 1. The molecule has 9 nitrogen and oxygen atoms in total. The maximum atomic E-state index is 13.0. The van der Waals surface area contributed by atoms with Crippen molar-refractivity contribution in [1.29, 1.82) is 0 Å². The number of unbranched alkanes of at least 4 members (excludes halogenated alkanes) is 1. The number of nitrogens with one attached hydrogen (secondary N) is 2. The predicted octanol–water partition coefficient (Wildman–Crippen LogP) is 5.35. The first-order valence-electron chi connectivity index (χ1n) is 14.8. The molecule has 1 atom stereocenters. The number of carboxylic acids is 1. The molecule has 2 aliphatic rings. The second kappa shape index (κ2) is 12.6. The molecule has 226 valence electrons. The number of rotatable bonds is 10. The van der Waals surface area contributed by atoms with Gasteiger partial charge in [0.25, 0.3) is 5.91 Å². The molecule has 0 saturated heterocycles. The summed E-state index contributed by atoms with van der Waals surface area (Å²) in [4.78, 5) is 63.0. The van der Waals surface area contributed by atoms with E-state index in [-0.39, 0.29) is 53.7 Å². The van der Waals surface area contributed by atoms with Gasteiger partial charge in [-0.15, -0.1) is 0 Å². The smallest absolute Gasteiger partial charge is 0.407 e. The number of carbonyl (C=O) groups excluding carboxylic acids is 4. The normalized spacial score (nSPS) is 13.6. The first-order valence-corrected chi connectivity index (χ1v) is 14.8. The number of aliphatic carboxylic acids is 1.